The summed E-state index contributed by atoms with van der Waals surface area (Å²) in [5.41, 5.74) is 4.34. The van der Waals surface area contributed by atoms with Crippen molar-refractivity contribution in [1.29, 1.82) is 0 Å². The molecule has 1 unspecified atom stereocenters. The van der Waals surface area contributed by atoms with Crippen molar-refractivity contribution in [2.24, 2.45) is 5.92 Å². The average Bonchev–Trinajstić information content (AvgIpc) is 3.02. The van der Waals surface area contributed by atoms with Crippen molar-refractivity contribution in [3.63, 3.8) is 0 Å². The normalized spacial score (nSPS) is 26.1. The fourth-order valence-electron chi connectivity index (χ4n) is 4.80. The molecule has 0 amide bonds. The minimum absolute atomic E-state index is 0.717. The Morgan fingerprint density at radius 2 is 1.62 bits per heavy atom. The molecule has 3 aliphatic heterocycles. The van der Waals surface area contributed by atoms with Gasteiger partial charge >= 0.3 is 0 Å². The van der Waals surface area contributed by atoms with E-state index in [4.69, 9.17) is 0 Å². The van der Waals surface area contributed by atoms with Crippen LogP contribution in [0, 0.1) is 5.92 Å². The molecule has 1 atom stereocenters. The number of benzene rings is 2. The highest BCUT2D eigenvalue weighted by Crippen LogP contribution is 2.42. The van der Waals surface area contributed by atoms with Crippen LogP contribution in [0.2, 0.25) is 0 Å². The molecule has 2 aromatic carbocycles. The minimum Gasteiger partial charge on any atom is -0.343 e. The largest absolute Gasteiger partial charge is 0.343 e. The van der Waals surface area contributed by atoms with Gasteiger partial charge in [0, 0.05) is 36.1 Å². The first-order valence-corrected chi connectivity index (χ1v) is 9.22. The molecule has 3 aliphatic rings. The van der Waals surface area contributed by atoms with Crippen LogP contribution in [-0.2, 0) is 6.54 Å². The van der Waals surface area contributed by atoms with E-state index in [2.05, 4.69) is 70.3 Å². The van der Waals surface area contributed by atoms with Crippen LogP contribution in [0.15, 0.2) is 60.8 Å². The molecule has 0 N–H and O–H groups in total. The summed E-state index contributed by atoms with van der Waals surface area (Å²) in [5, 5.41) is 1.46. The van der Waals surface area contributed by atoms with Crippen LogP contribution in [0.3, 0.4) is 0 Å². The van der Waals surface area contributed by atoms with E-state index in [1.807, 2.05) is 0 Å². The van der Waals surface area contributed by atoms with E-state index in [0.717, 1.165) is 18.4 Å². The van der Waals surface area contributed by atoms with E-state index in [1.165, 1.54) is 48.9 Å². The molecule has 122 valence electrons. The molecule has 3 saturated heterocycles. The summed E-state index contributed by atoms with van der Waals surface area (Å²) in [7, 11) is 0. The third-order valence-electron chi connectivity index (χ3n) is 6.07. The minimum atomic E-state index is 0.717. The number of fused-ring (bicyclic) bond motifs is 4. The first-order chi connectivity index (χ1) is 11.9. The van der Waals surface area contributed by atoms with Crippen molar-refractivity contribution in [3.05, 3.63) is 71.9 Å². The predicted molar refractivity (Wildman–Crippen MR) is 99.4 cm³/mol. The Bertz CT molecular complexity index is 841. The number of para-hydroxylation sites is 1. The van der Waals surface area contributed by atoms with Gasteiger partial charge in [0.1, 0.15) is 0 Å². The van der Waals surface area contributed by atoms with Gasteiger partial charge in [-0.25, -0.2) is 0 Å². The zero-order chi connectivity index (χ0) is 15.9. The molecule has 3 fully saturated rings. The Morgan fingerprint density at radius 3 is 2.38 bits per heavy atom. The molecule has 2 bridgehead atoms. The van der Waals surface area contributed by atoms with Crippen LogP contribution in [-0.4, -0.2) is 29.1 Å². The van der Waals surface area contributed by atoms with Gasteiger partial charge in [-0.1, -0.05) is 48.5 Å². The second-order valence-electron chi connectivity index (χ2n) is 7.46. The lowest BCUT2D eigenvalue weighted by atomic mass is 9.75. The van der Waals surface area contributed by atoms with Crippen LogP contribution in [0.5, 0.6) is 0 Å². The zero-order valence-electron chi connectivity index (χ0n) is 14.1. The molecular formula is C22H24N2. The Morgan fingerprint density at radius 1 is 0.875 bits per heavy atom. The van der Waals surface area contributed by atoms with E-state index in [9.17, 15) is 0 Å². The van der Waals surface area contributed by atoms with Crippen molar-refractivity contribution in [3.8, 4) is 0 Å². The van der Waals surface area contributed by atoms with Gasteiger partial charge in [0.25, 0.3) is 0 Å². The van der Waals surface area contributed by atoms with Gasteiger partial charge in [-0.2, -0.15) is 0 Å². The lowest BCUT2D eigenvalue weighted by molar-refractivity contribution is 0.0876. The third kappa shape index (κ3) is 2.37. The molecule has 0 saturated carbocycles. The average molecular weight is 316 g/mol. The monoisotopic (exact) mass is 316 g/mol. The Balaban J connectivity index is 1.57. The van der Waals surface area contributed by atoms with Crippen molar-refractivity contribution < 1.29 is 0 Å². The lowest BCUT2D eigenvalue weighted by Crippen LogP contribution is -2.46. The molecule has 2 heteroatoms. The van der Waals surface area contributed by atoms with Gasteiger partial charge in [0.15, 0.2) is 0 Å². The Labute approximate surface area is 143 Å². The third-order valence-corrected chi connectivity index (χ3v) is 6.07. The standard InChI is InChI=1S/C22H24N2/c1-2-6-17(7-3-1)14-24-16-21(19-8-4-5-9-22(19)24)20-15-23-12-10-18(20)11-13-23/h1-9,16,18,20H,10-15H2. The molecular weight excluding hydrogens is 292 g/mol. The second-order valence-corrected chi connectivity index (χ2v) is 7.46. The zero-order valence-corrected chi connectivity index (χ0v) is 14.1. The van der Waals surface area contributed by atoms with Crippen LogP contribution in [0.25, 0.3) is 10.9 Å². The van der Waals surface area contributed by atoms with E-state index < -0.39 is 0 Å². The van der Waals surface area contributed by atoms with Gasteiger partial charge in [0.2, 0.25) is 0 Å². The summed E-state index contributed by atoms with van der Waals surface area (Å²) in [4.78, 5) is 2.66. The lowest BCUT2D eigenvalue weighted by Gasteiger charge is -2.44. The molecule has 0 radical (unpaired) electrons. The highest BCUT2D eigenvalue weighted by atomic mass is 15.1. The van der Waals surface area contributed by atoms with Crippen LogP contribution in [0.4, 0.5) is 0 Å². The van der Waals surface area contributed by atoms with E-state index in [-0.39, 0.29) is 0 Å². The molecule has 3 aromatic rings. The summed E-state index contributed by atoms with van der Waals surface area (Å²) < 4.78 is 2.46. The van der Waals surface area contributed by atoms with Gasteiger partial charge in [-0.15, -0.1) is 0 Å². The fourth-order valence-corrected chi connectivity index (χ4v) is 4.80. The molecule has 0 aliphatic carbocycles. The molecule has 6 rings (SSSR count). The first-order valence-electron chi connectivity index (χ1n) is 9.22. The van der Waals surface area contributed by atoms with Gasteiger partial charge in [-0.3, -0.25) is 0 Å². The number of piperidine rings is 3. The van der Waals surface area contributed by atoms with E-state index in [0.29, 0.717) is 0 Å². The van der Waals surface area contributed by atoms with Crippen LogP contribution < -0.4 is 0 Å². The highest BCUT2D eigenvalue weighted by molar-refractivity contribution is 5.84. The van der Waals surface area contributed by atoms with Crippen LogP contribution in [0.1, 0.15) is 29.9 Å². The van der Waals surface area contributed by atoms with Crippen molar-refractivity contribution in [2.75, 3.05) is 19.6 Å². The smallest absolute Gasteiger partial charge is 0.0486 e. The number of aromatic nitrogens is 1. The SMILES string of the molecule is c1ccc(Cn2cc(C3CN4CCC3CC4)c3ccccc32)cc1. The van der Waals surface area contributed by atoms with Crippen molar-refractivity contribution in [2.45, 2.75) is 25.3 Å². The fraction of sp³-hybridized carbons (Fsp3) is 0.364. The number of hydrogen-bond donors (Lipinski definition) is 0. The summed E-state index contributed by atoms with van der Waals surface area (Å²) in [6.07, 6.45) is 5.20. The maximum absolute atomic E-state index is 2.66. The second kappa shape index (κ2) is 5.78. The van der Waals surface area contributed by atoms with Gasteiger partial charge < -0.3 is 9.47 Å². The van der Waals surface area contributed by atoms with Crippen LogP contribution >= 0.6 is 0 Å². The maximum atomic E-state index is 2.66. The van der Waals surface area contributed by atoms with Gasteiger partial charge in [-0.05, 0) is 49.0 Å². The van der Waals surface area contributed by atoms with Crippen molar-refractivity contribution in [1.82, 2.24) is 9.47 Å². The maximum Gasteiger partial charge on any atom is 0.0486 e. The first kappa shape index (κ1) is 14.3. The van der Waals surface area contributed by atoms with E-state index >= 15 is 0 Å². The van der Waals surface area contributed by atoms with Gasteiger partial charge in [0.05, 0.1) is 0 Å². The molecule has 4 heterocycles. The molecule has 0 spiro atoms. The Kier molecular flexibility index (Phi) is 3.45. The molecule has 24 heavy (non-hydrogen) atoms. The molecule has 2 nitrogen and oxygen atoms in total. The number of rotatable bonds is 3. The quantitative estimate of drug-likeness (QED) is 0.691. The van der Waals surface area contributed by atoms with Crippen molar-refractivity contribution >= 4 is 10.9 Å². The summed E-state index contributed by atoms with van der Waals surface area (Å²) in [6.45, 7) is 4.83. The molecule has 1 aromatic heterocycles. The Hall–Kier alpha value is -2.06. The summed E-state index contributed by atoms with van der Waals surface area (Å²) in [6, 6.07) is 19.8. The number of hydrogen-bond acceptors (Lipinski definition) is 1. The number of nitrogens with zero attached hydrogens (tertiary/aromatic N) is 2. The topological polar surface area (TPSA) is 8.17 Å². The highest BCUT2D eigenvalue weighted by Gasteiger charge is 2.36. The predicted octanol–water partition coefficient (Wildman–Crippen LogP) is 4.50. The summed E-state index contributed by atoms with van der Waals surface area (Å²) in [5.74, 6) is 1.60. The van der Waals surface area contributed by atoms with E-state index in [1.54, 1.807) is 5.56 Å². The summed E-state index contributed by atoms with van der Waals surface area (Å²) >= 11 is 0.